The van der Waals surface area contributed by atoms with Crippen LogP contribution in [-0.2, 0) is 19.1 Å². The van der Waals surface area contributed by atoms with Gasteiger partial charge in [0.1, 0.15) is 0 Å². The predicted molar refractivity (Wildman–Crippen MR) is 94.8 cm³/mol. The topological polar surface area (TPSA) is 72.8 Å². The van der Waals surface area contributed by atoms with Gasteiger partial charge in [-0.2, -0.15) is 0 Å². The molecule has 0 aromatic heterocycles. The Hall–Kier alpha value is -1.36. The number of aliphatic hydroxyl groups excluding tert-OH is 1. The maximum atomic E-state index is 12.7. The van der Waals surface area contributed by atoms with Crippen molar-refractivity contribution in [1.82, 2.24) is 0 Å². The number of rotatable bonds is 1. The average Bonchev–Trinajstić information content (AvgIpc) is 2.88. The van der Waals surface area contributed by atoms with Gasteiger partial charge in [-0.25, -0.2) is 4.79 Å². The van der Waals surface area contributed by atoms with Gasteiger partial charge in [0, 0.05) is 16.6 Å². The van der Waals surface area contributed by atoms with Crippen LogP contribution in [0.2, 0.25) is 0 Å². The first kappa shape index (κ1) is 18.0. The van der Waals surface area contributed by atoms with E-state index >= 15 is 0 Å². The highest BCUT2D eigenvalue weighted by Gasteiger charge is 2.65. The third kappa shape index (κ3) is 2.07. The van der Waals surface area contributed by atoms with Crippen molar-refractivity contribution in [2.24, 2.45) is 28.1 Å². The molecule has 1 heterocycles. The van der Waals surface area contributed by atoms with Crippen molar-refractivity contribution < 1.29 is 24.2 Å². The van der Waals surface area contributed by atoms with Crippen molar-refractivity contribution in [3.63, 3.8) is 0 Å². The average molecular weight is 362 g/mol. The lowest BCUT2D eigenvalue weighted by Gasteiger charge is -2.63. The molecule has 5 nitrogen and oxygen atoms in total. The highest BCUT2D eigenvalue weighted by atomic mass is 16.6. The van der Waals surface area contributed by atoms with Crippen molar-refractivity contribution >= 4 is 11.9 Å². The lowest BCUT2D eigenvalue weighted by molar-refractivity contribution is -0.179. The quantitative estimate of drug-likeness (QED) is 0.724. The van der Waals surface area contributed by atoms with Gasteiger partial charge in [0.15, 0.2) is 0 Å². The SMILES string of the molecule is COC(=O)C1(C)CCCC2(C)C1CCC1(C)C3=C(CCC12)C(O)OC3=O. The minimum absolute atomic E-state index is 0.0134. The second-order valence-corrected chi connectivity index (χ2v) is 9.53. The van der Waals surface area contributed by atoms with E-state index in [1.54, 1.807) is 0 Å². The number of hydrogen-bond acceptors (Lipinski definition) is 5. The molecule has 0 radical (unpaired) electrons. The van der Waals surface area contributed by atoms with E-state index in [2.05, 4.69) is 20.8 Å². The Morgan fingerprint density at radius 3 is 2.58 bits per heavy atom. The number of cyclic esters (lactones) is 1. The summed E-state index contributed by atoms with van der Waals surface area (Å²) in [6, 6.07) is 0. The highest BCUT2D eigenvalue weighted by molar-refractivity contribution is 5.94. The third-order valence-corrected chi connectivity index (χ3v) is 8.46. The smallest absolute Gasteiger partial charge is 0.337 e. The molecule has 0 spiro atoms. The maximum absolute atomic E-state index is 12.7. The molecule has 144 valence electrons. The van der Waals surface area contributed by atoms with Crippen LogP contribution in [0.5, 0.6) is 0 Å². The predicted octanol–water partition coefficient (Wildman–Crippen LogP) is 3.35. The zero-order valence-electron chi connectivity index (χ0n) is 16.3. The summed E-state index contributed by atoms with van der Waals surface area (Å²) in [5, 5.41) is 10.1. The van der Waals surface area contributed by atoms with Crippen molar-refractivity contribution in [2.45, 2.75) is 72.0 Å². The molecule has 0 aromatic rings. The van der Waals surface area contributed by atoms with Gasteiger partial charge in [0.2, 0.25) is 6.29 Å². The molecule has 4 aliphatic rings. The van der Waals surface area contributed by atoms with Gasteiger partial charge >= 0.3 is 11.9 Å². The van der Waals surface area contributed by atoms with E-state index in [-0.39, 0.29) is 28.7 Å². The Balaban J connectivity index is 1.78. The molecule has 0 aromatic carbocycles. The molecule has 0 saturated heterocycles. The first-order valence-corrected chi connectivity index (χ1v) is 9.89. The monoisotopic (exact) mass is 362 g/mol. The molecule has 6 atom stereocenters. The zero-order chi connectivity index (χ0) is 18.9. The number of carbonyl (C=O) groups excluding carboxylic acids is 2. The van der Waals surface area contributed by atoms with Gasteiger partial charge in [0.25, 0.3) is 0 Å². The fourth-order valence-corrected chi connectivity index (χ4v) is 7.38. The molecular formula is C21H30O5. The molecule has 1 N–H and O–H groups in total. The first-order chi connectivity index (χ1) is 12.2. The number of aliphatic hydroxyl groups is 1. The van der Waals surface area contributed by atoms with Gasteiger partial charge in [0.05, 0.1) is 12.5 Å². The Kier molecular flexibility index (Phi) is 3.86. The Morgan fingerprint density at radius 2 is 1.88 bits per heavy atom. The van der Waals surface area contributed by atoms with Crippen LogP contribution in [0, 0.1) is 28.1 Å². The third-order valence-electron chi connectivity index (χ3n) is 8.46. The summed E-state index contributed by atoms with van der Waals surface area (Å²) in [7, 11) is 1.49. The largest absolute Gasteiger partial charge is 0.469 e. The number of ether oxygens (including phenoxy) is 2. The van der Waals surface area contributed by atoms with E-state index in [1.165, 1.54) is 7.11 Å². The van der Waals surface area contributed by atoms with Crippen LogP contribution in [0.3, 0.4) is 0 Å². The summed E-state index contributed by atoms with van der Waals surface area (Å²) in [5.74, 6) is 0.144. The Morgan fingerprint density at radius 1 is 1.15 bits per heavy atom. The van der Waals surface area contributed by atoms with E-state index in [0.29, 0.717) is 12.3 Å². The fraction of sp³-hybridized carbons (Fsp3) is 0.810. The molecular weight excluding hydrogens is 332 g/mol. The van der Waals surface area contributed by atoms with Crippen LogP contribution in [0.1, 0.15) is 65.7 Å². The lowest BCUT2D eigenvalue weighted by atomic mass is 9.40. The van der Waals surface area contributed by atoms with E-state index in [1.807, 2.05) is 0 Å². The summed E-state index contributed by atoms with van der Waals surface area (Å²) < 4.78 is 10.3. The summed E-state index contributed by atoms with van der Waals surface area (Å²) in [5.41, 5.74) is 0.782. The highest BCUT2D eigenvalue weighted by Crippen LogP contribution is 2.69. The number of esters is 2. The van der Waals surface area contributed by atoms with E-state index in [0.717, 1.165) is 49.7 Å². The molecule has 1 aliphatic heterocycles. The van der Waals surface area contributed by atoms with E-state index < -0.39 is 11.7 Å². The summed E-state index contributed by atoms with van der Waals surface area (Å²) in [6.45, 7) is 6.57. The van der Waals surface area contributed by atoms with Gasteiger partial charge < -0.3 is 14.6 Å². The number of methoxy groups -OCH3 is 1. The van der Waals surface area contributed by atoms with Crippen LogP contribution < -0.4 is 0 Å². The Labute approximate surface area is 155 Å². The summed E-state index contributed by atoms with van der Waals surface area (Å²) >= 11 is 0. The molecule has 2 fully saturated rings. The number of fused-ring (bicyclic) bond motifs is 4. The second-order valence-electron chi connectivity index (χ2n) is 9.53. The van der Waals surface area contributed by atoms with Gasteiger partial charge in [-0.05, 0) is 62.7 Å². The second kappa shape index (κ2) is 5.57. The van der Waals surface area contributed by atoms with Crippen LogP contribution in [0.15, 0.2) is 11.1 Å². The minimum atomic E-state index is -1.06. The van der Waals surface area contributed by atoms with Gasteiger partial charge in [-0.1, -0.05) is 20.3 Å². The molecule has 0 bridgehead atoms. The Bertz CT molecular complexity index is 697. The molecule has 5 heteroatoms. The van der Waals surface area contributed by atoms with Crippen LogP contribution in [0.25, 0.3) is 0 Å². The van der Waals surface area contributed by atoms with Gasteiger partial charge in [-0.3, -0.25) is 4.79 Å². The van der Waals surface area contributed by atoms with Crippen molar-refractivity contribution in [1.29, 1.82) is 0 Å². The molecule has 4 rings (SSSR count). The molecule has 2 saturated carbocycles. The lowest BCUT2D eigenvalue weighted by Crippen LogP contribution is -2.59. The standard InChI is InChI=1S/C21H30O5/c1-19-9-5-10-21(3,18(24)25-4)14(19)8-11-20(2)13(19)7-6-12-15(20)17(23)26-16(12)22/h13-14,16,22H,5-11H2,1-4H3. The van der Waals surface area contributed by atoms with Crippen molar-refractivity contribution in [2.75, 3.05) is 7.11 Å². The summed E-state index contributed by atoms with van der Waals surface area (Å²) in [6.07, 6.45) is 5.29. The molecule has 0 amide bonds. The van der Waals surface area contributed by atoms with Crippen LogP contribution in [-0.4, -0.2) is 30.4 Å². The molecule has 6 unspecified atom stereocenters. The van der Waals surface area contributed by atoms with Gasteiger partial charge in [-0.15, -0.1) is 0 Å². The number of hydrogen-bond donors (Lipinski definition) is 1. The van der Waals surface area contributed by atoms with Crippen LogP contribution >= 0.6 is 0 Å². The maximum Gasteiger partial charge on any atom is 0.337 e. The summed E-state index contributed by atoms with van der Waals surface area (Å²) in [4.78, 5) is 25.2. The minimum Gasteiger partial charge on any atom is -0.469 e. The fourth-order valence-electron chi connectivity index (χ4n) is 7.38. The first-order valence-electron chi connectivity index (χ1n) is 9.89. The van der Waals surface area contributed by atoms with E-state index in [4.69, 9.17) is 9.47 Å². The number of carbonyl (C=O) groups is 2. The zero-order valence-corrected chi connectivity index (χ0v) is 16.3. The van der Waals surface area contributed by atoms with Crippen molar-refractivity contribution in [3.8, 4) is 0 Å². The van der Waals surface area contributed by atoms with E-state index in [9.17, 15) is 14.7 Å². The normalized spacial score (nSPS) is 47.6. The molecule has 26 heavy (non-hydrogen) atoms. The van der Waals surface area contributed by atoms with Crippen LogP contribution in [0.4, 0.5) is 0 Å². The van der Waals surface area contributed by atoms with Crippen molar-refractivity contribution in [3.05, 3.63) is 11.1 Å². The molecule has 3 aliphatic carbocycles.